The molecule has 0 aromatic heterocycles. The number of carbonyl (C=O) groups is 1. The van der Waals surface area contributed by atoms with Gasteiger partial charge in [0.05, 0.1) is 18.8 Å². The summed E-state index contributed by atoms with van der Waals surface area (Å²) in [6.45, 7) is 7.24. The predicted octanol–water partition coefficient (Wildman–Crippen LogP) is 1.21. The molecular weight excluding hydrogens is 216 g/mol. The Balaban J connectivity index is 2.28. The van der Waals surface area contributed by atoms with Crippen molar-refractivity contribution in [2.75, 3.05) is 19.8 Å². The second kappa shape index (κ2) is 6.77. The van der Waals surface area contributed by atoms with Crippen LogP contribution in [0, 0.1) is 5.92 Å². The molecule has 1 aliphatic rings. The molecule has 0 aromatic carbocycles. The lowest BCUT2D eigenvalue weighted by Crippen LogP contribution is -2.56. The maximum absolute atomic E-state index is 12.0. The van der Waals surface area contributed by atoms with Crippen molar-refractivity contribution in [3.05, 3.63) is 12.7 Å². The summed E-state index contributed by atoms with van der Waals surface area (Å²) in [5, 5.41) is 2.85. The van der Waals surface area contributed by atoms with Crippen LogP contribution in [-0.2, 0) is 9.53 Å². The average Bonchev–Trinajstić information content (AvgIpc) is 2.28. The first-order chi connectivity index (χ1) is 8.08. The molecule has 0 heterocycles. The van der Waals surface area contributed by atoms with E-state index in [0.29, 0.717) is 25.7 Å². The summed E-state index contributed by atoms with van der Waals surface area (Å²) in [4.78, 5) is 12.0. The molecule has 1 rings (SSSR count). The Morgan fingerprint density at radius 2 is 2.47 bits per heavy atom. The van der Waals surface area contributed by atoms with Crippen LogP contribution in [-0.4, -0.2) is 31.2 Å². The maximum Gasteiger partial charge on any atom is 0.240 e. The van der Waals surface area contributed by atoms with Gasteiger partial charge in [-0.2, -0.15) is 0 Å². The van der Waals surface area contributed by atoms with Crippen LogP contribution in [0.4, 0.5) is 0 Å². The summed E-state index contributed by atoms with van der Waals surface area (Å²) in [5.74, 6) is 0.503. The minimum absolute atomic E-state index is 0.0359. The fourth-order valence-electron chi connectivity index (χ4n) is 2.38. The number of amides is 1. The van der Waals surface area contributed by atoms with Crippen molar-refractivity contribution in [3.63, 3.8) is 0 Å². The van der Waals surface area contributed by atoms with E-state index in [1.54, 1.807) is 6.08 Å². The maximum atomic E-state index is 12.0. The Labute approximate surface area is 104 Å². The molecule has 1 fully saturated rings. The first kappa shape index (κ1) is 14.2. The van der Waals surface area contributed by atoms with Crippen molar-refractivity contribution in [3.8, 4) is 0 Å². The smallest absolute Gasteiger partial charge is 0.240 e. The molecule has 0 aliphatic heterocycles. The van der Waals surface area contributed by atoms with E-state index in [4.69, 9.17) is 10.5 Å². The van der Waals surface area contributed by atoms with Crippen LogP contribution >= 0.6 is 0 Å². The summed E-state index contributed by atoms with van der Waals surface area (Å²) in [6.07, 6.45) is 5.48. The molecule has 0 bridgehead atoms. The molecule has 98 valence electrons. The highest BCUT2D eigenvalue weighted by molar-refractivity contribution is 5.86. The van der Waals surface area contributed by atoms with Gasteiger partial charge in [0.25, 0.3) is 0 Å². The van der Waals surface area contributed by atoms with E-state index < -0.39 is 5.54 Å². The lowest BCUT2D eigenvalue weighted by atomic mass is 9.76. The zero-order valence-corrected chi connectivity index (χ0v) is 10.7. The Hall–Kier alpha value is -0.870. The normalized spacial score (nSPS) is 28.7. The number of hydrogen-bond acceptors (Lipinski definition) is 3. The van der Waals surface area contributed by atoms with Gasteiger partial charge in [0.1, 0.15) is 0 Å². The van der Waals surface area contributed by atoms with Crippen LogP contribution in [0.3, 0.4) is 0 Å². The quantitative estimate of drug-likeness (QED) is 0.542. The van der Waals surface area contributed by atoms with Gasteiger partial charge in [0.15, 0.2) is 0 Å². The minimum atomic E-state index is -0.671. The van der Waals surface area contributed by atoms with Crippen molar-refractivity contribution >= 4 is 5.91 Å². The molecular formula is C13H24N2O2. The van der Waals surface area contributed by atoms with E-state index in [9.17, 15) is 4.79 Å². The lowest BCUT2D eigenvalue weighted by Gasteiger charge is -2.35. The zero-order valence-electron chi connectivity index (χ0n) is 10.7. The minimum Gasteiger partial charge on any atom is -0.376 e. The van der Waals surface area contributed by atoms with Gasteiger partial charge in [-0.3, -0.25) is 4.79 Å². The summed E-state index contributed by atoms with van der Waals surface area (Å²) >= 11 is 0. The van der Waals surface area contributed by atoms with E-state index in [0.717, 1.165) is 19.3 Å². The first-order valence-corrected chi connectivity index (χ1v) is 6.34. The fourth-order valence-corrected chi connectivity index (χ4v) is 2.38. The Morgan fingerprint density at radius 3 is 3.12 bits per heavy atom. The molecule has 2 atom stereocenters. The third-order valence-corrected chi connectivity index (χ3v) is 3.25. The summed E-state index contributed by atoms with van der Waals surface area (Å²) < 4.78 is 5.20. The third kappa shape index (κ3) is 4.48. The second-order valence-corrected chi connectivity index (χ2v) is 4.98. The van der Waals surface area contributed by atoms with Crippen LogP contribution in [0.25, 0.3) is 0 Å². The molecule has 4 heteroatoms. The number of ether oxygens (including phenoxy) is 1. The molecule has 1 saturated carbocycles. The summed E-state index contributed by atoms with van der Waals surface area (Å²) in [5.41, 5.74) is 5.49. The Bertz CT molecular complexity index is 268. The van der Waals surface area contributed by atoms with Gasteiger partial charge in [-0.1, -0.05) is 25.8 Å². The van der Waals surface area contributed by atoms with Crippen molar-refractivity contribution in [1.82, 2.24) is 5.32 Å². The number of nitrogens with two attached hydrogens (primary N) is 1. The van der Waals surface area contributed by atoms with E-state index in [-0.39, 0.29) is 5.91 Å². The highest BCUT2D eigenvalue weighted by atomic mass is 16.5. The van der Waals surface area contributed by atoms with Crippen molar-refractivity contribution in [2.24, 2.45) is 11.7 Å². The Kier molecular flexibility index (Phi) is 5.65. The van der Waals surface area contributed by atoms with Gasteiger partial charge in [-0.15, -0.1) is 6.58 Å². The molecule has 0 saturated heterocycles. The van der Waals surface area contributed by atoms with Crippen LogP contribution in [0.2, 0.25) is 0 Å². The lowest BCUT2D eigenvalue weighted by molar-refractivity contribution is -0.128. The van der Waals surface area contributed by atoms with Gasteiger partial charge in [-0.05, 0) is 18.8 Å². The largest absolute Gasteiger partial charge is 0.376 e. The molecule has 0 aromatic rings. The standard InChI is InChI=1S/C13H24N2O2/c1-3-8-17-9-7-15-12(16)13(14)6-4-5-11(2)10-13/h3,11H,1,4-10,14H2,2H3,(H,15,16). The topological polar surface area (TPSA) is 64.3 Å². The number of carbonyl (C=O) groups excluding carboxylic acids is 1. The number of nitrogens with one attached hydrogen (secondary N) is 1. The van der Waals surface area contributed by atoms with Gasteiger partial charge >= 0.3 is 0 Å². The van der Waals surface area contributed by atoms with E-state index in [1.165, 1.54) is 6.42 Å². The Morgan fingerprint density at radius 1 is 1.71 bits per heavy atom. The van der Waals surface area contributed by atoms with Gasteiger partial charge in [-0.25, -0.2) is 0 Å². The average molecular weight is 240 g/mol. The zero-order chi connectivity index (χ0) is 12.7. The number of hydrogen-bond donors (Lipinski definition) is 2. The molecule has 17 heavy (non-hydrogen) atoms. The first-order valence-electron chi connectivity index (χ1n) is 6.34. The van der Waals surface area contributed by atoms with Crippen LogP contribution in [0.15, 0.2) is 12.7 Å². The van der Waals surface area contributed by atoms with E-state index in [1.807, 2.05) is 0 Å². The number of rotatable bonds is 6. The van der Waals surface area contributed by atoms with Crippen molar-refractivity contribution < 1.29 is 9.53 Å². The molecule has 1 amide bonds. The van der Waals surface area contributed by atoms with E-state index in [2.05, 4.69) is 18.8 Å². The fraction of sp³-hybridized carbons (Fsp3) is 0.769. The predicted molar refractivity (Wildman–Crippen MR) is 68.6 cm³/mol. The molecule has 3 N–H and O–H groups in total. The molecule has 1 aliphatic carbocycles. The SMILES string of the molecule is C=CCOCCNC(=O)C1(N)CCCC(C)C1. The molecule has 0 spiro atoms. The van der Waals surface area contributed by atoms with Crippen molar-refractivity contribution in [2.45, 2.75) is 38.1 Å². The van der Waals surface area contributed by atoms with Crippen molar-refractivity contribution in [1.29, 1.82) is 0 Å². The monoisotopic (exact) mass is 240 g/mol. The van der Waals surface area contributed by atoms with Crippen LogP contribution in [0.1, 0.15) is 32.6 Å². The molecule has 2 unspecified atom stereocenters. The van der Waals surface area contributed by atoms with Gasteiger partial charge < -0.3 is 15.8 Å². The van der Waals surface area contributed by atoms with Gasteiger partial charge in [0, 0.05) is 6.54 Å². The second-order valence-electron chi connectivity index (χ2n) is 4.98. The summed E-state index contributed by atoms with van der Waals surface area (Å²) in [6, 6.07) is 0. The van der Waals surface area contributed by atoms with Gasteiger partial charge in [0.2, 0.25) is 5.91 Å². The van der Waals surface area contributed by atoms with E-state index >= 15 is 0 Å². The van der Waals surface area contributed by atoms with Crippen LogP contribution in [0.5, 0.6) is 0 Å². The molecule has 4 nitrogen and oxygen atoms in total. The highest BCUT2D eigenvalue weighted by Crippen LogP contribution is 2.30. The third-order valence-electron chi connectivity index (χ3n) is 3.25. The van der Waals surface area contributed by atoms with Crippen LogP contribution < -0.4 is 11.1 Å². The molecule has 0 radical (unpaired) electrons. The highest BCUT2D eigenvalue weighted by Gasteiger charge is 2.37. The summed E-state index contributed by atoms with van der Waals surface area (Å²) in [7, 11) is 0.